The number of nitrogens with two attached hydrogens (primary N) is 1. The Hall–Kier alpha value is -0.0900. The zero-order valence-corrected chi connectivity index (χ0v) is 13.2. The van der Waals surface area contributed by atoms with Crippen molar-refractivity contribution in [2.75, 3.05) is 13.1 Å². The molecule has 0 aliphatic carbocycles. The molecule has 102 valence electrons. The first-order valence-electron chi connectivity index (χ1n) is 6.38. The van der Waals surface area contributed by atoms with Crippen LogP contribution in [0, 0.1) is 5.92 Å². The quantitative estimate of drug-likeness (QED) is 0.918. The van der Waals surface area contributed by atoms with Gasteiger partial charge in [-0.15, -0.1) is 12.4 Å². The molecule has 1 aromatic carbocycles. The summed E-state index contributed by atoms with van der Waals surface area (Å²) in [4.78, 5) is 2.53. The van der Waals surface area contributed by atoms with E-state index in [4.69, 9.17) is 5.73 Å². The van der Waals surface area contributed by atoms with Crippen LogP contribution in [0.2, 0.25) is 0 Å². The largest absolute Gasteiger partial charge is 0.328 e. The molecule has 0 spiro atoms. The lowest BCUT2D eigenvalue weighted by atomic mass is 9.92. The topological polar surface area (TPSA) is 29.3 Å². The van der Waals surface area contributed by atoms with Gasteiger partial charge in [-0.3, -0.25) is 4.90 Å². The number of hydrogen-bond donors (Lipinski definition) is 1. The Morgan fingerprint density at radius 2 is 2.17 bits per heavy atom. The summed E-state index contributed by atoms with van der Waals surface area (Å²) >= 11 is 3.62. The Morgan fingerprint density at radius 1 is 1.44 bits per heavy atom. The molecular formula is C14H22BrClN2. The minimum atomic E-state index is 0. The monoisotopic (exact) mass is 332 g/mol. The maximum absolute atomic E-state index is 6.02. The van der Waals surface area contributed by atoms with Gasteiger partial charge in [-0.25, -0.2) is 0 Å². The number of piperidine rings is 1. The second kappa shape index (κ2) is 7.49. The number of nitrogens with zero attached hydrogens (tertiary/aromatic N) is 1. The van der Waals surface area contributed by atoms with Gasteiger partial charge in [0.25, 0.3) is 0 Å². The smallest absolute Gasteiger partial charge is 0.0245 e. The lowest BCUT2D eigenvalue weighted by Gasteiger charge is -2.34. The molecule has 1 saturated heterocycles. The summed E-state index contributed by atoms with van der Waals surface area (Å²) in [5.41, 5.74) is 7.39. The SMILES string of the molecule is CC(N)C1CCCN(Cc2ccccc2Br)C1.Cl. The minimum Gasteiger partial charge on any atom is -0.328 e. The molecule has 1 fully saturated rings. The van der Waals surface area contributed by atoms with Gasteiger partial charge < -0.3 is 5.73 Å². The summed E-state index contributed by atoms with van der Waals surface area (Å²) in [5, 5.41) is 0. The zero-order chi connectivity index (χ0) is 12.3. The van der Waals surface area contributed by atoms with E-state index in [0.717, 1.165) is 13.1 Å². The predicted molar refractivity (Wildman–Crippen MR) is 83.0 cm³/mol. The van der Waals surface area contributed by atoms with Crippen LogP contribution in [-0.2, 0) is 6.54 Å². The van der Waals surface area contributed by atoms with Crippen molar-refractivity contribution in [2.45, 2.75) is 32.4 Å². The fourth-order valence-corrected chi connectivity index (χ4v) is 2.94. The average molecular weight is 334 g/mol. The molecule has 2 N–H and O–H groups in total. The Kier molecular flexibility index (Phi) is 6.64. The molecule has 2 atom stereocenters. The number of likely N-dealkylation sites (tertiary alicyclic amines) is 1. The van der Waals surface area contributed by atoms with Gasteiger partial charge in [0.2, 0.25) is 0 Å². The van der Waals surface area contributed by atoms with Gasteiger partial charge in [-0.05, 0) is 43.9 Å². The molecule has 4 heteroatoms. The second-order valence-corrected chi connectivity index (χ2v) is 5.94. The van der Waals surface area contributed by atoms with Crippen molar-refractivity contribution in [1.29, 1.82) is 0 Å². The standard InChI is InChI=1S/C14H21BrN2.ClH/c1-11(16)12-6-4-8-17(9-12)10-13-5-2-3-7-14(13)15;/h2-3,5,7,11-12H,4,6,8-10,16H2,1H3;1H. The van der Waals surface area contributed by atoms with Crippen molar-refractivity contribution in [2.24, 2.45) is 11.7 Å². The molecule has 1 aliphatic rings. The van der Waals surface area contributed by atoms with Crippen molar-refractivity contribution in [1.82, 2.24) is 4.90 Å². The summed E-state index contributed by atoms with van der Waals surface area (Å²) in [6.07, 6.45) is 2.56. The summed E-state index contributed by atoms with van der Waals surface area (Å²) in [6, 6.07) is 8.79. The van der Waals surface area contributed by atoms with Gasteiger partial charge in [0, 0.05) is 23.6 Å². The van der Waals surface area contributed by atoms with E-state index in [1.54, 1.807) is 0 Å². The van der Waals surface area contributed by atoms with Gasteiger partial charge >= 0.3 is 0 Å². The van der Waals surface area contributed by atoms with E-state index in [9.17, 15) is 0 Å². The van der Waals surface area contributed by atoms with E-state index in [2.05, 4.69) is 52.0 Å². The Bertz CT molecular complexity index is 371. The fourth-order valence-electron chi connectivity index (χ4n) is 2.53. The van der Waals surface area contributed by atoms with E-state index >= 15 is 0 Å². The summed E-state index contributed by atoms with van der Waals surface area (Å²) in [7, 11) is 0. The highest BCUT2D eigenvalue weighted by Crippen LogP contribution is 2.23. The van der Waals surface area contributed by atoms with Crippen LogP contribution in [-0.4, -0.2) is 24.0 Å². The minimum absolute atomic E-state index is 0. The van der Waals surface area contributed by atoms with Gasteiger partial charge in [-0.2, -0.15) is 0 Å². The molecule has 0 bridgehead atoms. The first kappa shape index (κ1) is 16.0. The summed E-state index contributed by atoms with van der Waals surface area (Å²) < 4.78 is 1.21. The van der Waals surface area contributed by atoms with Crippen LogP contribution in [0.15, 0.2) is 28.7 Å². The van der Waals surface area contributed by atoms with Crippen LogP contribution in [0.1, 0.15) is 25.3 Å². The van der Waals surface area contributed by atoms with Gasteiger partial charge in [-0.1, -0.05) is 34.1 Å². The molecule has 1 aliphatic heterocycles. The van der Waals surface area contributed by atoms with Crippen molar-refractivity contribution in [3.05, 3.63) is 34.3 Å². The lowest BCUT2D eigenvalue weighted by Crippen LogP contribution is -2.41. The normalized spacial score (nSPS) is 22.3. The Morgan fingerprint density at radius 3 is 2.83 bits per heavy atom. The predicted octanol–water partition coefficient (Wildman–Crippen LogP) is 3.43. The van der Waals surface area contributed by atoms with E-state index in [-0.39, 0.29) is 12.4 Å². The number of halogens is 2. The molecule has 0 aromatic heterocycles. The maximum atomic E-state index is 6.02. The van der Waals surface area contributed by atoms with Gasteiger partial charge in [0.05, 0.1) is 0 Å². The molecule has 0 amide bonds. The third-order valence-corrected chi connectivity index (χ3v) is 4.41. The van der Waals surface area contributed by atoms with Crippen LogP contribution in [0.25, 0.3) is 0 Å². The first-order valence-corrected chi connectivity index (χ1v) is 7.17. The van der Waals surface area contributed by atoms with Crippen LogP contribution < -0.4 is 5.73 Å². The molecule has 2 rings (SSSR count). The third-order valence-electron chi connectivity index (χ3n) is 3.64. The maximum Gasteiger partial charge on any atom is 0.0245 e. The third kappa shape index (κ3) is 4.23. The molecule has 1 aromatic rings. The molecule has 18 heavy (non-hydrogen) atoms. The van der Waals surface area contributed by atoms with Crippen LogP contribution in [0.5, 0.6) is 0 Å². The Balaban J connectivity index is 0.00000162. The molecule has 0 saturated carbocycles. The highest BCUT2D eigenvalue weighted by atomic mass is 79.9. The van der Waals surface area contributed by atoms with Crippen molar-refractivity contribution in [3.63, 3.8) is 0 Å². The van der Waals surface area contributed by atoms with E-state index in [1.807, 2.05) is 0 Å². The highest BCUT2D eigenvalue weighted by molar-refractivity contribution is 9.10. The molecule has 2 nitrogen and oxygen atoms in total. The van der Waals surface area contributed by atoms with E-state index in [0.29, 0.717) is 12.0 Å². The zero-order valence-electron chi connectivity index (χ0n) is 10.8. The van der Waals surface area contributed by atoms with Crippen molar-refractivity contribution < 1.29 is 0 Å². The van der Waals surface area contributed by atoms with Crippen molar-refractivity contribution >= 4 is 28.3 Å². The lowest BCUT2D eigenvalue weighted by molar-refractivity contribution is 0.154. The van der Waals surface area contributed by atoms with Crippen molar-refractivity contribution in [3.8, 4) is 0 Å². The first-order chi connectivity index (χ1) is 8.16. The van der Waals surface area contributed by atoms with Gasteiger partial charge in [0.15, 0.2) is 0 Å². The molecular weight excluding hydrogens is 312 g/mol. The van der Waals surface area contributed by atoms with Crippen LogP contribution in [0.4, 0.5) is 0 Å². The van der Waals surface area contributed by atoms with Crippen LogP contribution in [0.3, 0.4) is 0 Å². The molecule has 1 heterocycles. The average Bonchev–Trinajstić information content (AvgIpc) is 2.32. The summed E-state index contributed by atoms with van der Waals surface area (Å²) in [6.45, 7) is 5.50. The number of hydrogen-bond acceptors (Lipinski definition) is 2. The molecule has 2 unspecified atom stereocenters. The van der Waals surface area contributed by atoms with E-state index in [1.165, 1.54) is 29.4 Å². The fraction of sp³-hybridized carbons (Fsp3) is 0.571. The van der Waals surface area contributed by atoms with Gasteiger partial charge in [0.1, 0.15) is 0 Å². The summed E-state index contributed by atoms with van der Waals surface area (Å²) in [5.74, 6) is 0.659. The van der Waals surface area contributed by atoms with E-state index < -0.39 is 0 Å². The highest BCUT2D eigenvalue weighted by Gasteiger charge is 2.22. The second-order valence-electron chi connectivity index (χ2n) is 5.09. The number of benzene rings is 1. The van der Waals surface area contributed by atoms with Crippen LogP contribution >= 0.6 is 28.3 Å². The molecule has 0 radical (unpaired) electrons. The Labute approximate surface area is 124 Å². The number of rotatable bonds is 3.